The van der Waals surface area contributed by atoms with Crippen LogP contribution in [0.25, 0.3) is 0 Å². The highest BCUT2D eigenvalue weighted by Crippen LogP contribution is 2.35. The topological polar surface area (TPSA) is 90.0 Å². The van der Waals surface area contributed by atoms with Gasteiger partial charge in [-0.05, 0) is 20.8 Å². The van der Waals surface area contributed by atoms with Crippen molar-refractivity contribution in [3.05, 3.63) is 0 Å². The summed E-state index contributed by atoms with van der Waals surface area (Å²) < 4.78 is 26.2. The van der Waals surface area contributed by atoms with Crippen molar-refractivity contribution in [2.24, 2.45) is 5.41 Å². The number of carbonyl (C=O) groups excluding carboxylic acids is 2. The number of urea groups is 1. The number of sulfonamides is 1. The molecule has 1 spiro atoms. The number of hydrogen-bond acceptors (Lipinski definition) is 4. The number of carbonyl (C=O) groups is 2. The van der Waals surface area contributed by atoms with Crippen molar-refractivity contribution in [3.8, 4) is 0 Å². The molecule has 2 saturated heterocycles. The van der Waals surface area contributed by atoms with Crippen LogP contribution in [0.5, 0.6) is 0 Å². The van der Waals surface area contributed by atoms with E-state index in [2.05, 4.69) is 5.32 Å². The molecule has 2 aliphatic rings. The van der Waals surface area contributed by atoms with Gasteiger partial charge in [0.1, 0.15) is 0 Å². The van der Waals surface area contributed by atoms with Crippen LogP contribution in [-0.4, -0.2) is 86.0 Å². The van der Waals surface area contributed by atoms with Gasteiger partial charge < -0.3 is 15.1 Å². The molecule has 2 aliphatic heterocycles. The Bertz CT molecular complexity index is 607. The number of nitrogens with zero attached hydrogens (tertiary/aromatic N) is 3. The van der Waals surface area contributed by atoms with E-state index in [4.69, 9.17) is 0 Å². The minimum absolute atomic E-state index is 0.0000594. The van der Waals surface area contributed by atoms with Gasteiger partial charge in [0.2, 0.25) is 15.9 Å². The fourth-order valence-corrected chi connectivity index (χ4v) is 4.66. The van der Waals surface area contributed by atoms with Crippen LogP contribution in [0.15, 0.2) is 0 Å². The smallest absolute Gasteiger partial charge is 0.317 e. The average Bonchev–Trinajstić information content (AvgIpc) is 2.65. The Labute approximate surface area is 144 Å². The minimum atomic E-state index is -3.37. The second kappa shape index (κ2) is 6.87. The molecule has 3 amide bonds. The standard InChI is InChI=1S/C15H28N4O4S/c1-5-24(22,23)19-7-6-18(14(21)16-12(2)3)10-15(11-19)8-13(20)17(4)9-15/h12H,5-11H2,1-4H3,(H,16,21)/t15-/m0/s1. The van der Waals surface area contributed by atoms with Crippen molar-refractivity contribution in [2.45, 2.75) is 33.2 Å². The minimum Gasteiger partial charge on any atom is -0.345 e. The summed E-state index contributed by atoms with van der Waals surface area (Å²) in [6, 6.07) is -0.206. The summed E-state index contributed by atoms with van der Waals surface area (Å²) in [4.78, 5) is 27.8. The summed E-state index contributed by atoms with van der Waals surface area (Å²) in [5, 5.41) is 2.86. The lowest BCUT2D eigenvalue weighted by Crippen LogP contribution is -2.49. The van der Waals surface area contributed by atoms with Gasteiger partial charge in [-0.3, -0.25) is 4.79 Å². The molecule has 2 rings (SSSR count). The lowest BCUT2D eigenvalue weighted by atomic mass is 9.86. The van der Waals surface area contributed by atoms with Gasteiger partial charge >= 0.3 is 6.03 Å². The Hall–Kier alpha value is -1.35. The van der Waals surface area contributed by atoms with Crippen molar-refractivity contribution >= 4 is 22.0 Å². The third-order valence-electron chi connectivity index (χ3n) is 4.64. The van der Waals surface area contributed by atoms with Gasteiger partial charge in [-0.25, -0.2) is 13.2 Å². The molecular formula is C15H28N4O4S. The molecule has 9 heteroatoms. The molecule has 1 N–H and O–H groups in total. The molecule has 2 fully saturated rings. The number of rotatable bonds is 3. The Morgan fingerprint density at radius 1 is 1.25 bits per heavy atom. The maximum Gasteiger partial charge on any atom is 0.317 e. The lowest BCUT2D eigenvalue weighted by molar-refractivity contribution is -0.126. The molecule has 0 aromatic rings. The fraction of sp³-hybridized carbons (Fsp3) is 0.867. The fourth-order valence-electron chi connectivity index (χ4n) is 3.47. The van der Waals surface area contributed by atoms with Crippen molar-refractivity contribution < 1.29 is 18.0 Å². The summed E-state index contributed by atoms with van der Waals surface area (Å²) in [6.07, 6.45) is 0.269. The molecule has 0 bridgehead atoms. The summed E-state index contributed by atoms with van der Waals surface area (Å²) in [5.74, 6) is 0.0142. The zero-order chi connectivity index (χ0) is 18.1. The predicted molar refractivity (Wildman–Crippen MR) is 91.0 cm³/mol. The van der Waals surface area contributed by atoms with Crippen molar-refractivity contribution in [1.82, 2.24) is 19.4 Å². The highest BCUT2D eigenvalue weighted by atomic mass is 32.2. The molecular weight excluding hydrogens is 332 g/mol. The predicted octanol–water partition coefficient (Wildman–Crippen LogP) is -0.0798. The van der Waals surface area contributed by atoms with Crippen LogP contribution >= 0.6 is 0 Å². The molecule has 0 unspecified atom stereocenters. The van der Waals surface area contributed by atoms with Crippen LogP contribution in [0.1, 0.15) is 27.2 Å². The molecule has 2 heterocycles. The molecule has 0 aromatic carbocycles. The van der Waals surface area contributed by atoms with Crippen LogP contribution in [0.3, 0.4) is 0 Å². The molecule has 0 radical (unpaired) electrons. The maximum atomic E-state index is 12.4. The first-order valence-corrected chi connectivity index (χ1v) is 9.97. The van der Waals surface area contributed by atoms with Gasteiger partial charge in [0.15, 0.2) is 0 Å². The van der Waals surface area contributed by atoms with E-state index in [-0.39, 0.29) is 43.2 Å². The highest BCUT2D eigenvalue weighted by molar-refractivity contribution is 7.89. The summed E-state index contributed by atoms with van der Waals surface area (Å²) >= 11 is 0. The van der Waals surface area contributed by atoms with E-state index in [9.17, 15) is 18.0 Å². The maximum absolute atomic E-state index is 12.4. The highest BCUT2D eigenvalue weighted by Gasteiger charge is 2.47. The largest absolute Gasteiger partial charge is 0.345 e. The van der Waals surface area contributed by atoms with E-state index < -0.39 is 15.4 Å². The van der Waals surface area contributed by atoms with Crippen molar-refractivity contribution in [1.29, 1.82) is 0 Å². The van der Waals surface area contributed by atoms with Gasteiger partial charge in [0.25, 0.3) is 0 Å². The van der Waals surface area contributed by atoms with E-state index in [0.717, 1.165) is 0 Å². The number of amides is 3. The zero-order valence-corrected chi connectivity index (χ0v) is 15.7. The van der Waals surface area contributed by atoms with E-state index in [1.807, 2.05) is 13.8 Å². The van der Waals surface area contributed by atoms with E-state index in [1.54, 1.807) is 23.8 Å². The Kier molecular flexibility index (Phi) is 5.44. The first kappa shape index (κ1) is 19.0. The number of likely N-dealkylation sites (tertiary alicyclic amines) is 1. The normalized spacial score (nSPS) is 26.3. The lowest BCUT2D eigenvalue weighted by Gasteiger charge is -2.33. The number of nitrogens with one attached hydrogen (secondary N) is 1. The Balaban J connectivity index is 2.29. The quantitative estimate of drug-likeness (QED) is 0.762. The Morgan fingerprint density at radius 3 is 2.42 bits per heavy atom. The van der Waals surface area contributed by atoms with Crippen LogP contribution in [0.2, 0.25) is 0 Å². The third-order valence-corrected chi connectivity index (χ3v) is 6.47. The van der Waals surface area contributed by atoms with Crippen LogP contribution in [0, 0.1) is 5.41 Å². The van der Waals surface area contributed by atoms with Gasteiger partial charge in [0.05, 0.1) is 5.75 Å². The summed E-state index contributed by atoms with van der Waals surface area (Å²) in [6.45, 7) is 7.11. The van der Waals surface area contributed by atoms with Gasteiger partial charge in [-0.15, -0.1) is 0 Å². The number of hydrogen-bond donors (Lipinski definition) is 1. The first-order chi connectivity index (χ1) is 11.1. The second-order valence-corrected chi connectivity index (χ2v) is 9.44. The zero-order valence-electron chi connectivity index (χ0n) is 14.9. The summed E-state index contributed by atoms with van der Waals surface area (Å²) in [7, 11) is -1.65. The van der Waals surface area contributed by atoms with Crippen molar-refractivity contribution in [3.63, 3.8) is 0 Å². The van der Waals surface area contributed by atoms with Crippen LogP contribution < -0.4 is 5.32 Å². The molecule has 24 heavy (non-hydrogen) atoms. The molecule has 0 aliphatic carbocycles. The molecule has 0 saturated carbocycles. The van der Waals surface area contributed by atoms with E-state index in [1.165, 1.54) is 4.31 Å². The van der Waals surface area contributed by atoms with E-state index in [0.29, 0.717) is 19.6 Å². The monoisotopic (exact) mass is 360 g/mol. The average molecular weight is 360 g/mol. The third kappa shape index (κ3) is 4.00. The molecule has 0 aromatic heterocycles. The summed E-state index contributed by atoms with van der Waals surface area (Å²) in [5.41, 5.74) is -0.543. The van der Waals surface area contributed by atoms with E-state index >= 15 is 0 Å². The van der Waals surface area contributed by atoms with Gasteiger partial charge in [0, 0.05) is 57.6 Å². The molecule has 1 atom stereocenters. The SMILES string of the molecule is CCS(=O)(=O)N1CCN(C(=O)NC(C)C)C[C@@]2(CC(=O)N(C)C2)C1. The van der Waals surface area contributed by atoms with Crippen LogP contribution in [-0.2, 0) is 14.8 Å². The first-order valence-electron chi connectivity index (χ1n) is 8.36. The van der Waals surface area contributed by atoms with Crippen molar-refractivity contribution in [2.75, 3.05) is 45.5 Å². The second-order valence-electron chi connectivity index (χ2n) is 7.19. The molecule has 138 valence electrons. The van der Waals surface area contributed by atoms with Gasteiger partial charge in [-0.2, -0.15) is 4.31 Å². The Morgan fingerprint density at radius 2 is 1.92 bits per heavy atom. The van der Waals surface area contributed by atoms with Crippen LogP contribution in [0.4, 0.5) is 4.79 Å². The molecule has 8 nitrogen and oxygen atoms in total. The van der Waals surface area contributed by atoms with Gasteiger partial charge in [-0.1, -0.05) is 0 Å².